The summed E-state index contributed by atoms with van der Waals surface area (Å²) in [6, 6.07) is 8.72. The van der Waals surface area contributed by atoms with Gasteiger partial charge in [0.15, 0.2) is 0 Å². The second-order valence-electron chi connectivity index (χ2n) is 5.89. The first-order chi connectivity index (χ1) is 11.1. The van der Waals surface area contributed by atoms with Gasteiger partial charge in [-0.15, -0.1) is 11.3 Å². The maximum Gasteiger partial charge on any atom is 0.246 e. The second kappa shape index (κ2) is 7.09. The Morgan fingerprint density at radius 2 is 1.96 bits per heavy atom. The Kier molecular flexibility index (Phi) is 4.91. The van der Waals surface area contributed by atoms with E-state index in [2.05, 4.69) is 0 Å². The van der Waals surface area contributed by atoms with E-state index in [1.54, 1.807) is 29.5 Å². The molecule has 1 aliphatic rings. The highest BCUT2D eigenvalue weighted by molar-refractivity contribution is 7.11. The Hall–Kier alpha value is -1.94. The van der Waals surface area contributed by atoms with Crippen LogP contribution in [-0.4, -0.2) is 23.9 Å². The number of halogens is 1. The lowest BCUT2D eigenvalue weighted by molar-refractivity contribution is -0.126. The molecule has 1 amide bonds. The average Bonchev–Trinajstić information content (AvgIpc) is 3.06. The van der Waals surface area contributed by atoms with Gasteiger partial charge in [-0.2, -0.15) is 0 Å². The van der Waals surface area contributed by atoms with Crippen molar-refractivity contribution in [3.63, 3.8) is 0 Å². The summed E-state index contributed by atoms with van der Waals surface area (Å²) in [5.41, 5.74) is 2.40. The van der Waals surface area contributed by atoms with Crippen molar-refractivity contribution >= 4 is 22.8 Å². The summed E-state index contributed by atoms with van der Waals surface area (Å²) in [7, 11) is 0. The number of thiophene rings is 1. The number of allylic oxidation sites excluding steroid dienone is 1. The van der Waals surface area contributed by atoms with Crippen LogP contribution in [-0.2, 0) is 4.79 Å². The molecule has 120 valence electrons. The van der Waals surface area contributed by atoms with Crippen molar-refractivity contribution in [3.05, 3.63) is 52.5 Å². The maximum absolute atomic E-state index is 13.9. The van der Waals surface area contributed by atoms with Gasteiger partial charge in [0, 0.05) is 29.6 Å². The number of amides is 1. The van der Waals surface area contributed by atoms with Gasteiger partial charge in [0.1, 0.15) is 5.82 Å². The summed E-state index contributed by atoms with van der Waals surface area (Å²) in [5.74, 6) is -0.133. The van der Waals surface area contributed by atoms with Gasteiger partial charge in [-0.05, 0) is 54.8 Å². The van der Waals surface area contributed by atoms with Crippen LogP contribution in [0.5, 0.6) is 0 Å². The van der Waals surface area contributed by atoms with E-state index < -0.39 is 0 Å². The number of benzene rings is 1. The predicted molar refractivity (Wildman–Crippen MR) is 93.8 cm³/mol. The monoisotopic (exact) mass is 329 g/mol. The summed E-state index contributed by atoms with van der Waals surface area (Å²) in [6.07, 6.45) is 5.11. The Balaban J connectivity index is 1.78. The van der Waals surface area contributed by atoms with Gasteiger partial charge >= 0.3 is 0 Å². The normalized spacial score (nSPS) is 15.7. The van der Waals surface area contributed by atoms with Crippen molar-refractivity contribution in [2.75, 3.05) is 13.1 Å². The number of piperidine rings is 1. The largest absolute Gasteiger partial charge is 0.339 e. The lowest BCUT2D eigenvalue weighted by Gasteiger charge is -2.25. The van der Waals surface area contributed by atoms with Gasteiger partial charge in [-0.1, -0.05) is 18.2 Å². The molecule has 3 rings (SSSR count). The van der Waals surface area contributed by atoms with Gasteiger partial charge in [-0.25, -0.2) is 4.39 Å². The van der Waals surface area contributed by atoms with Crippen LogP contribution in [0.2, 0.25) is 0 Å². The van der Waals surface area contributed by atoms with Crippen molar-refractivity contribution in [2.45, 2.75) is 26.2 Å². The molecule has 2 heterocycles. The molecule has 0 bridgehead atoms. The van der Waals surface area contributed by atoms with Crippen molar-refractivity contribution < 1.29 is 9.18 Å². The van der Waals surface area contributed by atoms with Crippen LogP contribution < -0.4 is 0 Å². The minimum Gasteiger partial charge on any atom is -0.339 e. The lowest BCUT2D eigenvalue weighted by Crippen LogP contribution is -2.34. The number of likely N-dealkylation sites (tertiary alicyclic amines) is 1. The second-order valence-corrected chi connectivity index (χ2v) is 6.80. The highest BCUT2D eigenvalue weighted by atomic mass is 32.1. The van der Waals surface area contributed by atoms with Gasteiger partial charge in [0.2, 0.25) is 5.91 Å². The molecule has 2 nitrogen and oxygen atoms in total. The summed E-state index contributed by atoms with van der Waals surface area (Å²) in [5, 5.41) is 1.94. The molecule has 1 aliphatic heterocycles. The van der Waals surface area contributed by atoms with Crippen LogP contribution in [0.25, 0.3) is 16.7 Å². The minimum atomic E-state index is -0.220. The molecular weight excluding hydrogens is 309 g/mol. The molecular formula is C19H20FNOS. The van der Waals surface area contributed by atoms with E-state index in [-0.39, 0.29) is 11.7 Å². The Morgan fingerprint density at radius 1 is 1.22 bits per heavy atom. The number of nitrogens with zero attached hydrogens (tertiary/aromatic N) is 1. The molecule has 1 fully saturated rings. The number of hydrogen-bond donors (Lipinski definition) is 0. The Morgan fingerprint density at radius 3 is 2.70 bits per heavy atom. The third-order valence-corrected chi connectivity index (χ3v) is 5.25. The van der Waals surface area contributed by atoms with Crippen molar-refractivity contribution in [1.29, 1.82) is 0 Å². The number of carbonyl (C=O) groups excluding carboxylic acids is 1. The molecule has 23 heavy (non-hydrogen) atoms. The molecule has 0 atom stereocenters. The van der Waals surface area contributed by atoms with E-state index in [4.69, 9.17) is 0 Å². The third kappa shape index (κ3) is 3.70. The zero-order chi connectivity index (χ0) is 16.2. The van der Waals surface area contributed by atoms with E-state index in [1.165, 1.54) is 12.5 Å². The first-order valence-electron chi connectivity index (χ1n) is 7.96. The molecule has 0 unspecified atom stereocenters. The zero-order valence-electron chi connectivity index (χ0n) is 13.2. The molecule has 4 heteroatoms. The number of hydrogen-bond acceptors (Lipinski definition) is 2. The zero-order valence-corrected chi connectivity index (χ0v) is 14.0. The fraction of sp³-hybridized carbons (Fsp3) is 0.316. The minimum absolute atomic E-state index is 0.0861. The summed E-state index contributed by atoms with van der Waals surface area (Å²) in [6.45, 7) is 3.65. The fourth-order valence-corrected chi connectivity index (χ4v) is 3.73. The molecule has 1 aromatic carbocycles. The van der Waals surface area contributed by atoms with Crippen LogP contribution in [0.1, 0.15) is 31.1 Å². The van der Waals surface area contributed by atoms with Crippen LogP contribution in [0.3, 0.4) is 0 Å². The van der Waals surface area contributed by atoms with Crippen molar-refractivity contribution in [3.8, 4) is 11.1 Å². The van der Waals surface area contributed by atoms with E-state index in [1.807, 2.05) is 29.3 Å². The maximum atomic E-state index is 13.9. The summed E-state index contributed by atoms with van der Waals surface area (Å²) in [4.78, 5) is 15.2. The molecule has 0 N–H and O–H groups in total. The van der Waals surface area contributed by atoms with Crippen LogP contribution >= 0.6 is 11.3 Å². The molecule has 0 radical (unpaired) electrons. The first-order valence-corrected chi connectivity index (χ1v) is 8.84. The SMILES string of the molecule is C/C(=C\C(=O)N1CCCCC1)c1cc(-c2ccccc2F)cs1. The number of carbonyl (C=O) groups is 1. The van der Waals surface area contributed by atoms with Crippen LogP contribution in [0.15, 0.2) is 41.8 Å². The number of rotatable bonds is 3. The highest BCUT2D eigenvalue weighted by Crippen LogP contribution is 2.31. The molecule has 0 aliphatic carbocycles. The molecule has 0 saturated carbocycles. The van der Waals surface area contributed by atoms with E-state index >= 15 is 0 Å². The summed E-state index contributed by atoms with van der Waals surface area (Å²) >= 11 is 1.54. The van der Waals surface area contributed by atoms with Crippen LogP contribution in [0.4, 0.5) is 4.39 Å². The van der Waals surface area contributed by atoms with Gasteiger partial charge in [0.25, 0.3) is 0 Å². The van der Waals surface area contributed by atoms with E-state index in [0.29, 0.717) is 5.56 Å². The predicted octanol–water partition coefficient (Wildman–Crippen LogP) is 4.97. The van der Waals surface area contributed by atoms with Crippen LogP contribution in [0, 0.1) is 5.82 Å². The molecule has 1 aromatic heterocycles. The Bertz CT molecular complexity index is 728. The van der Waals surface area contributed by atoms with E-state index in [0.717, 1.165) is 41.9 Å². The van der Waals surface area contributed by atoms with Gasteiger partial charge < -0.3 is 4.90 Å². The molecule has 2 aromatic rings. The van der Waals surface area contributed by atoms with Gasteiger partial charge in [-0.3, -0.25) is 4.79 Å². The van der Waals surface area contributed by atoms with Crippen molar-refractivity contribution in [1.82, 2.24) is 4.90 Å². The van der Waals surface area contributed by atoms with Crippen molar-refractivity contribution in [2.24, 2.45) is 0 Å². The van der Waals surface area contributed by atoms with E-state index in [9.17, 15) is 9.18 Å². The first kappa shape index (κ1) is 15.9. The Labute approximate surface area is 140 Å². The van der Waals surface area contributed by atoms with Gasteiger partial charge in [0.05, 0.1) is 0 Å². The smallest absolute Gasteiger partial charge is 0.246 e. The lowest BCUT2D eigenvalue weighted by atomic mass is 10.1. The quantitative estimate of drug-likeness (QED) is 0.728. The molecule has 0 spiro atoms. The average molecular weight is 329 g/mol. The standard InChI is InChI=1S/C19H20FNOS/c1-14(11-19(22)21-9-5-2-6-10-21)18-12-15(13-23-18)16-7-3-4-8-17(16)20/h3-4,7-8,11-13H,2,5-6,9-10H2,1H3/b14-11+. The highest BCUT2D eigenvalue weighted by Gasteiger charge is 2.15. The molecule has 1 saturated heterocycles. The third-order valence-electron chi connectivity index (χ3n) is 4.18. The summed E-state index contributed by atoms with van der Waals surface area (Å²) < 4.78 is 13.9. The fourth-order valence-electron chi connectivity index (χ4n) is 2.84. The topological polar surface area (TPSA) is 20.3 Å².